The molecule has 21 heavy (non-hydrogen) atoms. The molecule has 1 rings (SSSR count). The van der Waals surface area contributed by atoms with Crippen molar-refractivity contribution in [1.82, 2.24) is 10.2 Å². The second kappa shape index (κ2) is 9.13. The number of amides is 1. The van der Waals surface area contributed by atoms with Gasteiger partial charge in [-0.25, -0.2) is 0 Å². The summed E-state index contributed by atoms with van der Waals surface area (Å²) in [5.41, 5.74) is 1.88. The first-order valence-corrected chi connectivity index (χ1v) is 7.34. The minimum atomic E-state index is -0.823. The highest BCUT2D eigenvalue weighted by Crippen LogP contribution is 2.05. The van der Waals surface area contributed by atoms with Gasteiger partial charge < -0.3 is 15.3 Å². The summed E-state index contributed by atoms with van der Waals surface area (Å²) in [6.07, 6.45) is 0.546. The average molecular weight is 292 g/mol. The first kappa shape index (κ1) is 17.2. The predicted octanol–water partition coefficient (Wildman–Crippen LogP) is 1.66. The molecule has 0 saturated carbocycles. The summed E-state index contributed by atoms with van der Waals surface area (Å²) in [5, 5.41) is 11.9. The average Bonchev–Trinajstić information content (AvgIpc) is 2.46. The third kappa shape index (κ3) is 6.40. The summed E-state index contributed by atoms with van der Waals surface area (Å²) in [4.78, 5) is 24.2. The van der Waals surface area contributed by atoms with E-state index in [4.69, 9.17) is 5.11 Å². The number of rotatable bonds is 9. The Kier molecular flexibility index (Phi) is 7.46. The fourth-order valence-corrected chi connectivity index (χ4v) is 2.11. The summed E-state index contributed by atoms with van der Waals surface area (Å²) in [6, 6.07) is 7.48. The highest BCUT2D eigenvalue weighted by molar-refractivity contribution is 5.76. The number of carbonyl (C=O) groups is 2. The molecule has 1 aromatic rings. The lowest BCUT2D eigenvalue weighted by atomic mass is 10.1. The van der Waals surface area contributed by atoms with Crippen molar-refractivity contribution in [3.8, 4) is 0 Å². The molecule has 0 saturated heterocycles. The van der Waals surface area contributed by atoms with Crippen LogP contribution in [0.25, 0.3) is 0 Å². The van der Waals surface area contributed by atoms with Crippen molar-refractivity contribution in [2.75, 3.05) is 19.6 Å². The molecule has 0 aliphatic rings. The van der Waals surface area contributed by atoms with Gasteiger partial charge in [-0.15, -0.1) is 0 Å². The van der Waals surface area contributed by atoms with Crippen LogP contribution in [0.15, 0.2) is 24.3 Å². The predicted molar refractivity (Wildman–Crippen MR) is 82.0 cm³/mol. The molecule has 0 aliphatic heterocycles. The summed E-state index contributed by atoms with van der Waals surface area (Å²) in [7, 11) is 0. The van der Waals surface area contributed by atoms with Crippen LogP contribution in [0, 0.1) is 0 Å². The highest BCUT2D eigenvalue weighted by Gasteiger charge is 2.08. The van der Waals surface area contributed by atoms with E-state index < -0.39 is 5.97 Å². The van der Waals surface area contributed by atoms with E-state index in [1.807, 2.05) is 43.0 Å². The number of carboxylic acid groups (broad SMARTS) is 1. The van der Waals surface area contributed by atoms with Gasteiger partial charge in [0.05, 0.1) is 6.42 Å². The fraction of sp³-hybridized carbons (Fsp3) is 0.500. The van der Waals surface area contributed by atoms with Gasteiger partial charge in [-0.1, -0.05) is 24.3 Å². The maximum atomic E-state index is 11.8. The molecule has 116 valence electrons. The van der Waals surface area contributed by atoms with Crippen LogP contribution in [0.2, 0.25) is 0 Å². The van der Waals surface area contributed by atoms with Gasteiger partial charge in [-0.05, 0) is 25.0 Å². The Morgan fingerprint density at radius 2 is 1.67 bits per heavy atom. The molecular weight excluding hydrogens is 268 g/mol. The van der Waals surface area contributed by atoms with E-state index in [0.29, 0.717) is 19.5 Å². The lowest BCUT2D eigenvalue weighted by Crippen LogP contribution is -2.32. The van der Waals surface area contributed by atoms with E-state index in [1.54, 1.807) is 0 Å². The Morgan fingerprint density at radius 3 is 2.19 bits per heavy atom. The van der Waals surface area contributed by atoms with Crippen LogP contribution < -0.4 is 5.32 Å². The fourth-order valence-electron chi connectivity index (χ4n) is 2.11. The molecule has 0 spiro atoms. The molecule has 5 heteroatoms. The molecule has 0 heterocycles. The number of hydrogen-bond donors (Lipinski definition) is 2. The molecule has 0 aromatic heterocycles. The minimum absolute atomic E-state index is 0.0477. The third-order valence-electron chi connectivity index (χ3n) is 3.34. The van der Waals surface area contributed by atoms with Gasteiger partial charge in [-0.3, -0.25) is 9.59 Å². The number of carbonyl (C=O) groups excluding carboxylic acids is 1. The molecule has 0 atom stereocenters. The molecule has 0 unspecified atom stereocenters. The van der Waals surface area contributed by atoms with E-state index in [0.717, 1.165) is 24.2 Å². The Morgan fingerprint density at radius 1 is 1.10 bits per heavy atom. The quantitative estimate of drug-likeness (QED) is 0.679. The molecule has 5 nitrogen and oxygen atoms in total. The first-order chi connectivity index (χ1) is 10.1. The molecule has 0 fully saturated rings. The topological polar surface area (TPSA) is 69.6 Å². The SMILES string of the molecule is CCN(CC)C(=O)CCNCc1ccc(CC(=O)O)cc1. The van der Waals surface area contributed by atoms with Gasteiger partial charge in [0, 0.05) is 32.6 Å². The molecule has 0 bridgehead atoms. The molecule has 0 aliphatic carbocycles. The number of carboxylic acids is 1. The summed E-state index contributed by atoms with van der Waals surface area (Å²) < 4.78 is 0. The first-order valence-electron chi connectivity index (χ1n) is 7.34. The van der Waals surface area contributed by atoms with Crippen molar-refractivity contribution >= 4 is 11.9 Å². The lowest BCUT2D eigenvalue weighted by Gasteiger charge is -2.18. The second-order valence-corrected chi connectivity index (χ2v) is 4.88. The van der Waals surface area contributed by atoms with Gasteiger partial charge >= 0.3 is 5.97 Å². The molecule has 1 aromatic carbocycles. The van der Waals surface area contributed by atoms with Crippen LogP contribution in [0.4, 0.5) is 0 Å². The Hall–Kier alpha value is -1.88. The van der Waals surface area contributed by atoms with Crippen molar-refractivity contribution in [1.29, 1.82) is 0 Å². The van der Waals surface area contributed by atoms with Crippen molar-refractivity contribution < 1.29 is 14.7 Å². The van der Waals surface area contributed by atoms with Crippen LogP contribution in [0.5, 0.6) is 0 Å². The second-order valence-electron chi connectivity index (χ2n) is 4.88. The normalized spacial score (nSPS) is 10.4. The molecule has 2 N–H and O–H groups in total. The minimum Gasteiger partial charge on any atom is -0.481 e. The largest absolute Gasteiger partial charge is 0.481 e. The number of nitrogens with zero attached hydrogens (tertiary/aromatic N) is 1. The van der Waals surface area contributed by atoms with E-state index in [1.165, 1.54) is 0 Å². The zero-order chi connectivity index (χ0) is 15.7. The van der Waals surface area contributed by atoms with Crippen LogP contribution in [0.3, 0.4) is 0 Å². The highest BCUT2D eigenvalue weighted by atomic mass is 16.4. The Labute approximate surface area is 126 Å². The summed E-state index contributed by atoms with van der Waals surface area (Å²) in [6.45, 7) is 6.78. The van der Waals surface area contributed by atoms with Gasteiger partial charge in [-0.2, -0.15) is 0 Å². The number of nitrogens with one attached hydrogen (secondary N) is 1. The van der Waals surface area contributed by atoms with Crippen molar-refractivity contribution in [3.05, 3.63) is 35.4 Å². The summed E-state index contributed by atoms with van der Waals surface area (Å²) in [5.74, 6) is -0.653. The zero-order valence-electron chi connectivity index (χ0n) is 12.8. The number of hydrogen-bond acceptors (Lipinski definition) is 3. The third-order valence-corrected chi connectivity index (χ3v) is 3.34. The maximum Gasteiger partial charge on any atom is 0.307 e. The van der Waals surface area contributed by atoms with Crippen LogP contribution in [0.1, 0.15) is 31.4 Å². The van der Waals surface area contributed by atoms with E-state index in [9.17, 15) is 9.59 Å². The molecular formula is C16H24N2O3. The monoisotopic (exact) mass is 292 g/mol. The maximum absolute atomic E-state index is 11.8. The van der Waals surface area contributed by atoms with Crippen molar-refractivity contribution in [2.24, 2.45) is 0 Å². The van der Waals surface area contributed by atoms with Crippen LogP contribution >= 0.6 is 0 Å². The van der Waals surface area contributed by atoms with Crippen molar-refractivity contribution in [3.63, 3.8) is 0 Å². The van der Waals surface area contributed by atoms with Gasteiger partial charge in [0.15, 0.2) is 0 Å². The number of aliphatic carboxylic acids is 1. The summed E-state index contributed by atoms with van der Waals surface area (Å²) >= 11 is 0. The smallest absolute Gasteiger partial charge is 0.307 e. The van der Waals surface area contributed by atoms with Gasteiger partial charge in [0.2, 0.25) is 5.91 Å². The molecule has 1 amide bonds. The standard InChI is InChI=1S/C16H24N2O3/c1-3-18(4-2)15(19)9-10-17-12-14-7-5-13(6-8-14)11-16(20)21/h5-8,17H,3-4,9-12H2,1-2H3,(H,20,21). The number of benzene rings is 1. The Bertz CT molecular complexity index is 453. The van der Waals surface area contributed by atoms with Gasteiger partial charge in [0.1, 0.15) is 0 Å². The van der Waals surface area contributed by atoms with E-state index >= 15 is 0 Å². The Balaban J connectivity index is 2.29. The lowest BCUT2D eigenvalue weighted by molar-refractivity contribution is -0.136. The zero-order valence-corrected chi connectivity index (χ0v) is 12.8. The van der Waals surface area contributed by atoms with E-state index in [-0.39, 0.29) is 12.3 Å². The van der Waals surface area contributed by atoms with Crippen LogP contribution in [-0.2, 0) is 22.6 Å². The van der Waals surface area contributed by atoms with Crippen molar-refractivity contribution in [2.45, 2.75) is 33.2 Å². The van der Waals surface area contributed by atoms with Crippen LogP contribution in [-0.4, -0.2) is 41.5 Å². The van der Waals surface area contributed by atoms with E-state index in [2.05, 4.69) is 5.32 Å². The molecule has 0 radical (unpaired) electrons. The van der Waals surface area contributed by atoms with Gasteiger partial charge in [0.25, 0.3) is 0 Å².